The van der Waals surface area contributed by atoms with Crippen molar-refractivity contribution in [3.8, 4) is 0 Å². The number of fused-ring (bicyclic) bond motifs is 1. The number of rotatable bonds is 5. The van der Waals surface area contributed by atoms with Gasteiger partial charge in [-0.25, -0.2) is 8.42 Å². The Balaban J connectivity index is 2.02. The first kappa shape index (κ1) is 13.7. The Labute approximate surface area is 112 Å². The van der Waals surface area contributed by atoms with Crippen LogP contribution in [0.1, 0.15) is 12.0 Å². The molecule has 2 rings (SSSR count). The molecular weight excluding hydrogens is 268 g/mol. The molecule has 0 spiro atoms. The fraction of sp³-hybridized carbons (Fsp3) is 0.417. The van der Waals surface area contributed by atoms with E-state index in [1.165, 1.54) is 7.11 Å². The molecule has 0 unspecified atom stereocenters. The van der Waals surface area contributed by atoms with Crippen LogP contribution in [0.3, 0.4) is 0 Å². The lowest BCUT2D eigenvalue weighted by Gasteiger charge is -2.09. The van der Waals surface area contributed by atoms with Gasteiger partial charge in [0, 0.05) is 17.9 Å². The minimum Gasteiger partial charge on any atom is -0.469 e. The van der Waals surface area contributed by atoms with Crippen molar-refractivity contribution in [2.45, 2.75) is 12.8 Å². The van der Waals surface area contributed by atoms with Crippen molar-refractivity contribution < 1.29 is 17.9 Å². The Bertz CT molecular complexity index is 583. The van der Waals surface area contributed by atoms with Crippen LogP contribution in [0, 0.1) is 0 Å². The van der Waals surface area contributed by atoms with Gasteiger partial charge in [0.1, 0.15) is 0 Å². The van der Waals surface area contributed by atoms with Crippen LogP contribution >= 0.6 is 0 Å². The van der Waals surface area contributed by atoms with Gasteiger partial charge in [-0.2, -0.15) is 0 Å². The van der Waals surface area contributed by atoms with Crippen LogP contribution in [-0.4, -0.2) is 33.8 Å². The summed E-state index contributed by atoms with van der Waals surface area (Å²) in [7, 11) is -2.30. The molecule has 2 N–H and O–H groups in total. The third-order valence-electron chi connectivity index (χ3n) is 2.89. The fourth-order valence-electron chi connectivity index (χ4n) is 1.92. The van der Waals surface area contributed by atoms with Crippen LogP contribution in [0.2, 0.25) is 0 Å². The average molecular weight is 284 g/mol. The summed E-state index contributed by atoms with van der Waals surface area (Å²) in [6.07, 6.45) is 0.728. The Morgan fingerprint density at radius 3 is 3.00 bits per heavy atom. The number of hydrogen-bond acceptors (Lipinski definition) is 5. The summed E-state index contributed by atoms with van der Waals surface area (Å²) in [5.74, 6) is -0.821. The second-order valence-corrected chi connectivity index (χ2v) is 6.14. The van der Waals surface area contributed by atoms with E-state index in [1.54, 1.807) is 6.07 Å². The third kappa shape index (κ3) is 3.60. The highest BCUT2D eigenvalue weighted by atomic mass is 32.2. The number of carbonyl (C=O) groups is 1. The number of methoxy groups -OCH3 is 1. The number of nitrogens with one attached hydrogen (secondary N) is 2. The maximum absolute atomic E-state index is 11.8. The van der Waals surface area contributed by atoms with Crippen LogP contribution < -0.4 is 10.0 Å². The fourth-order valence-corrected chi connectivity index (χ4v) is 2.94. The molecule has 1 aliphatic heterocycles. The van der Waals surface area contributed by atoms with Crippen molar-refractivity contribution >= 4 is 27.4 Å². The summed E-state index contributed by atoms with van der Waals surface area (Å²) in [5.41, 5.74) is 2.65. The van der Waals surface area contributed by atoms with Crippen molar-refractivity contribution in [2.75, 3.05) is 29.4 Å². The molecule has 1 aromatic carbocycles. The summed E-state index contributed by atoms with van der Waals surface area (Å²) >= 11 is 0. The molecule has 0 aliphatic carbocycles. The van der Waals surface area contributed by atoms with Crippen molar-refractivity contribution in [3.05, 3.63) is 23.8 Å². The Morgan fingerprint density at radius 1 is 1.47 bits per heavy atom. The molecule has 7 heteroatoms. The van der Waals surface area contributed by atoms with Gasteiger partial charge in [0.25, 0.3) is 0 Å². The van der Waals surface area contributed by atoms with Crippen LogP contribution in [0.4, 0.5) is 11.4 Å². The standard InChI is InChI=1S/C12H16N2O4S/c1-18-12(15)5-7-19(16,17)14-10-2-3-11-9(8-10)4-6-13-11/h2-3,8,13-14H,4-7H2,1H3. The van der Waals surface area contributed by atoms with Gasteiger partial charge in [-0.15, -0.1) is 0 Å². The largest absolute Gasteiger partial charge is 0.469 e. The van der Waals surface area contributed by atoms with E-state index in [2.05, 4.69) is 14.8 Å². The summed E-state index contributed by atoms with van der Waals surface area (Å²) in [6, 6.07) is 5.36. The van der Waals surface area contributed by atoms with Gasteiger partial charge in [-0.1, -0.05) is 0 Å². The van der Waals surface area contributed by atoms with Gasteiger partial charge in [-0.3, -0.25) is 9.52 Å². The molecule has 0 amide bonds. The van der Waals surface area contributed by atoms with E-state index in [-0.39, 0.29) is 12.2 Å². The molecule has 1 heterocycles. The van der Waals surface area contributed by atoms with E-state index >= 15 is 0 Å². The highest BCUT2D eigenvalue weighted by molar-refractivity contribution is 7.92. The van der Waals surface area contributed by atoms with Crippen LogP contribution in [-0.2, 0) is 26.0 Å². The van der Waals surface area contributed by atoms with E-state index in [4.69, 9.17) is 0 Å². The molecule has 19 heavy (non-hydrogen) atoms. The zero-order chi connectivity index (χ0) is 13.9. The number of carbonyl (C=O) groups excluding carboxylic acids is 1. The van der Waals surface area contributed by atoms with Crippen molar-refractivity contribution in [2.24, 2.45) is 0 Å². The Kier molecular flexibility index (Phi) is 3.94. The first-order valence-electron chi connectivity index (χ1n) is 5.94. The first-order valence-corrected chi connectivity index (χ1v) is 7.59. The van der Waals surface area contributed by atoms with Crippen molar-refractivity contribution in [1.29, 1.82) is 0 Å². The van der Waals surface area contributed by atoms with E-state index in [1.807, 2.05) is 12.1 Å². The number of ether oxygens (including phenoxy) is 1. The topological polar surface area (TPSA) is 84.5 Å². The van der Waals surface area contributed by atoms with E-state index in [0.29, 0.717) is 5.69 Å². The lowest BCUT2D eigenvalue weighted by atomic mass is 10.1. The highest BCUT2D eigenvalue weighted by Gasteiger charge is 2.15. The summed E-state index contributed by atoms with van der Waals surface area (Å²) in [5, 5.41) is 3.20. The number of sulfonamides is 1. The van der Waals surface area contributed by atoms with Crippen LogP contribution in [0.5, 0.6) is 0 Å². The molecule has 1 aliphatic rings. The van der Waals surface area contributed by atoms with E-state index < -0.39 is 16.0 Å². The van der Waals surface area contributed by atoms with Gasteiger partial charge in [0.05, 0.1) is 19.3 Å². The maximum atomic E-state index is 11.8. The predicted molar refractivity (Wildman–Crippen MR) is 72.7 cm³/mol. The van der Waals surface area contributed by atoms with Gasteiger partial charge in [0.2, 0.25) is 10.0 Å². The summed E-state index contributed by atoms with van der Waals surface area (Å²) < 4.78 is 30.5. The van der Waals surface area contributed by atoms with Crippen molar-refractivity contribution in [3.63, 3.8) is 0 Å². The van der Waals surface area contributed by atoms with Crippen LogP contribution in [0.15, 0.2) is 18.2 Å². The number of benzene rings is 1. The number of anilines is 2. The first-order chi connectivity index (χ1) is 9.00. The molecule has 0 aromatic heterocycles. The highest BCUT2D eigenvalue weighted by Crippen LogP contribution is 2.25. The Hall–Kier alpha value is -1.76. The van der Waals surface area contributed by atoms with Crippen molar-refractivity contribution in [1.82, 2.24) is 0 Å². The normalized spacial score (nSPS) is 13.5. The number of esters is 1. The molecule has 6 nitrogen and oxygen atoms in total. The lowest BCUT2D eigenvalue weighted by molar-refractivity contribution is -0.140. The molecular formula is C12H16N2O4S. The SMILES string of the molecule is COC(=O)CCS(=O)(=O)Nc1ccc2c(c1)CCN2. The van der Waals surface area contributed by atoms with Gasteiger partial charge in [0.15, 0.2) is 0 Å². The molecule has 0 saturated heterocycles. The molecule has 0 saturated carbocycles. The molecule has 0 atom stereocenters. The van der Waals surface area contributed by atoms with E-state index in [9.17, 15) is 13.2 Å². The Morgan fingerprint density at radius 2 is 2.26 bits per heavy atom. The van der Waals surface area contributed by atoms with Gasteiger partial charge >= 0.3 is 5.97 Å². The zero-order valence-corrected chi connectivity index (χ0v) is 11.4. The third-order valence-corrected chi connectivity index (χ3v) is 4.18. The molecule has 1 aromatic rings. The molecule has 0 radical (unpaired) electrons. The van der Waals surface area contributed by atoms with Gasteiger partial charge < -0.3 is 10.1 Å². The minimum absolute atomic E-state index is 0.154. The second-order valence-electron chi connectivity index (χ2n) is 4.30. The van der Waals surface area contributed by atoms with Gasteiger partial charge in [-0.05, 0) is 30.2 Å². The van der Waals surface area contributed by atoms with E-state index in [0.717, 1.165) is 24.2 Å². The van der Waals surface area contributed by atoms with Crippen LogP contribution in [0.25, 0.3) is 0 Å². The average Bonchev–Trinajstić information content (AvgIpc) is 2.83. The predicted octanol–water partition coefficient (Wildman–Crippen LogP) is 0.959. The number of hydrogen-bond donors (Lipinski definition) is 2. The quantitative estimate of drug-likeness (QED) is 0.787. The minimum atomic E-state index is -3.53. The maximum Gasteiger partial charge on any atom is 0.306 e. The zero-order valence-electron chi connectivity index (χ0n) is 10.6. The second kappa shape index (κ2) is 5.48. The summed E-state index contributed by atoms with van der Waals surface area (Å²) in [6.45, 7) is 0.869. The monoisotopic (exact) mass is 284 g/mol. The summed E-state index contributed by atoms with van der Waals surface area (Å²) in [4.78, 5) is 10.9. The molecule has 104 valence electrons. The molecule has 0 fully saturated rings. The molecule has 0 bridgehead atoms. The lowest BCUT2D eigenvalue weighted by Crippen LogP contribution is -2.19. The smallest absolute Gasteiger partial charge is 0.306 e.